The van der Waals surface area contributed by atoms with E-state index in [9.17, 15) is 14.4 Å². The summed E-state index contributed by atoms with van der Waals surface area (Å²) in [5.41, 5.74) is 2.40. The van der Waals surface area contributed by atoms with E-state index in [0.29, 0.717) is 40.3 Å². The molecule has 49 heavy (non-hydrogen) atoms. The van der Waals surface area contributed by atoms with E-state index in [2.05, 4.69) is 37.2 Å². The molecule has 2 aromatic carbocycles. The van der Waals surface area contributed by atoms with Crippen molar-refractivity contribution in [2.45, 2.75) is 90.8 Å². The highest BCUT2D eigenvalue weighted by Gasteiger charge is 2.39. The maximum Gasteiger partial charge on any atom is 0.258 e. The van der Waals surface area contributed by atoms with Gasteiger partial charge in [-0.15, -0.1) is 0 Å². The number of rotatable bonds is 10. The summed E-state index contributed by atoms with van der Waals surface area (Å²) in [6.07, 6.45) is 11.6. The van der Waals surface area contributed by atoms with Gasteiger partial charge in [-0.05, 0) is 133 Å². The predicted octanol–water partition coefficient (Wildman–Crippen LogP) is 7.50. The Labute approximate surface area is 290 Å². The summed E-state index contributed by atoms with van der Waals surface area (Å²) in [5, 5.41) is 12.9. The SMILES string of the molecule is CC(C)N(C(=O)c1cc(F)ccc1Oc1cncnc1N1CC[C@@H](CN2CCC3(CCC(Nc4cccc(C#N)c4)CC3)CC2)C1)C(C)C. The summed E-state index contributed by atoms with van der Waals surface area (Å²) < 4.78 is 20.7. The number of nitrogens with one attached hydrogen (secondary N) is 1. The molecular formula is C39H50FN7O2. The van der Waals surface area contributed by atoms with Crippen LogP contribution in [-0.4, -0.2) is 76.5 Å². The molecule has 1 saturated carbocycles. The van der Waals surface area contributed by atoms with Gasteiger partial charge in [0.25, 0.3) is 5.91 Å². The highest BCUT2D eigenvalue weighted by Crippen LogP contribution is 2.45. The standard InChI is InChI=1S/C39H50FN7O2/c1-27(2)47(28(3)4)38(48)34-21-31(40)8-9-35(34)49-36-23-42-26-43-37(36)46-17-12-30(25-46)24-45-18-15-39(16-19-45)13-10-32(11-14-39)44-33-7-5-6-29(20-33)22-41/h5-9,20-21,23,26-28,30,32,44H,10-19,24-25H2,1-4H3/t30-/m0/s1. The zero-order valence-corrected chi connectivity index (χ0v) is 29.4. The van der Waals surface area contributed by atoms with Gasteiger partial charge in [0.15, 0.2) is 11.6 Å². The van der Waals surface area contributed by atoms with Gasteiger partial charge in [0.2, 0.25) is 0 Å². The maximum atomic E-state index is 14.4. The number of piperidine rings is 1. The number of carbonyl (C=O) groups is 1. The van der Waals surface area contributed by atoms with Crippen LogP contribution in [0.1, 0.15) is 88.6 Å². The lowest BCUT2D eigenvalue weighted by Gasteiger charge is -2.46. The van der Waals surface area contributed by atoms with E-state index in [0.717, 1.165) is 44.8 Å². The predicted molar refractivity (Wildman–Crippen MR) is 190 cm³/mol. The fourth-order valence-electron chi connectivity index (χ4n) is 8.24. The molecule has 1 aromatic heterocycles. The van der Waals surface area contributed by atoms with Crippen LogP contribution in [0.3, 0.4) is 0 Å². The van der Waals surface area contributed by atoms with Crippen LogP contribution in [0.15, 0.2) is 55.0 Å². The lowest BCUT2D eigenvalue weighted by molar-refractivity contribution is 0.0584. The van der Waals surface area contributed by atoms with Gasteiger partial charge in [-0.25, -0.2) is 14.4 Å². The highest BCUT2D eigenvalue weighted by atomic mass is 19.1. The van der Waals surface area contributed by atoms with Gasteiger partial charge in [0.05, 0.1) is 23.4 Å². The molecule has 0 radical (unpaired) electrons. The van der Waals surface area contributed by atoms with Crippen molar-refractivity contribution in [2.24, 2.45) is 11.3 Å². The normalized spacial score (nSPS) is 19.7. The molecule has 1 atom stereocenters. The molecule has 0 unspecified atom stereocenters. The fraction of sp³-hybridized carbons (Fsp3) is 0.538. The summed E-state index contributed by atoms with van der Waals surface area (Å²) in [7, 11) is 0. The summed E-state index contributed by atoms with van der Waals surface area (Å²) in [6.45, 7) is 12.9. The second kappa shape index (κ2) is 15.1. The average Bonchev–Trinajstić information content (AvgIpc) is 3.56. The largest absolute Gasteiger partial charge is 0.451 e. The number of benzene rings is 2. The Morgan fingerprint density at radius 2 is 1.80 bits per heavy atom. The van der Waals surface area contributed by atoms with Crippen molar-refractivity contribution < 1.29 is 13.9 Å². The molecule has 2 saturated heterocycles. The number of ether oxygens (including phenoxy) is 1. The molecule has 10 heteroatoms. The number of hydrogen-bond donors (Lipinski definition) is 1. The van der Waals surface area contributed by atoms with Crippen LogP contribution in [-0.2, 0) is 0 Å². The molecule has 3 aliphatic rings. The first kappa shape index (κ1) is 34.6. The van der Waals surface area contributed by atoms with Crippen molar-refractivity contribution in [3.05, 3.63) is 71.9 Å². The highest BCUT2D eigenvalue weighted by molar-refractivity contribution is 5.97. The van der Waals surface area contributed by atoms with Crippen LogP contribution in [0.25, 0.3) is 0 Å². The Balaban J connectivity index is 1.03. The Kier molecular flexibility index (Phi) is 10.7. The molecule has 6 rings (SSSR count). The molecule has 3 heterocycles. The van der Waals surface area contributed by atoms with Crippen LogP contribution >= 0.6 is 0 Å². The molecule has 1 N–H and O–H groups in total. The number of nitrogens with zero attached hydrogens (tertiary/aromatic N) is 6. The first-order chi connectivity index (χ1) is 23.6. The summed E-state index contributed by atoms with van der Waals surface area (Å²) in [5.74, 6) is 1.23. The molecule has 1 aliphatic carbocycles. The Morgan fingerprint density at radius 3 is 2.51 bits per heavy atom. The van der Waals surface area contributed by atoms with Crippen molar-refractivity contribution in [1.29, 1.82) is 5.26 Å². The first-order valence-electron chi connectivity index (χ1n) is 18.0. The third kappa shape index (κ3) is 8.16. The third-order valence-corrected chi connectivity index (χ3v) is 10.8. The van der Waals surface area contributed by atoms with Crippen molar-refractivity contribution in [1.82, 2.24) is 19.8 Å². The smallest absolute Gasteiger partial charge is 0.258 e. The van der Waals surface area contributed by atoms with E-state index >= 15 is 0 Å². The average molecular weight is 668 g/mol. The molecule has 260 valence electrons. The van der Waals surface area contributed by atoms with E-state index < -0.39 is 5.82 Å². The van der Waals surface area contributed by atoms with Gasteiger partial charge < -0.3 is 24.8 Å². The minimum Gasteiger partial charge on any atom is -0.451 e. The van der Waals surface area contributed by atoms with Gasteiger partial charge >= 0.3 is 0 Å². The number of likely N-dealkylation sites (tertiary alicyclic amines) is 1. The van der Waals surface area contributed by atoms with Gasteiger partial charge in [-0.1, -0.05) is 6.07 Å². The molecule has 9 nitrogen and oxygen atoms in total. The van der Waals surface area contributed by atoms with E-state index in [-0.39, 0.29) is 23.6 Å². The Hall–Kier alpha value is -4.23. The van der Waals surface area contributed by atoms with E-state index in [1.165, 1.54) is 63.1 Å². The summed E-state index contributed by atoms with van der Waals surface area (Å²) >= 11 is 0. The molecule has 2 aliphatic heterocycles. The van der Waals surface area contributed by atoms with Crippen LogP contribution in [0.4, 0.5) is 15.9 Å². The van der Waals surface area contributed by atoms with Crippen molar-refractivity contribution in [3.63, 3.8) is 0 Å². The monoisotopic (exact) mass is 667 g/mol. The second-order valence-electron chi connectivity index (χ2n) is 14.9. The lowest BCUT2D eigenvalue weighted by atomic mass is 9.67. The Bertz CT molecular complexity index is 1630. The van der Waals surface area contributed by atoms with Crippen LogP contribution in [0.2, 0.25) is 0 Å². The number of amides is 1. The third-order valence-electron chi connectivity index (χ3n) is 10.8. The Morgan fingerprint density at radius 1 is 1.04 bits per heavy atom. The number of hydrogen-bond acceptors (Lipinski definition) is 8. The zero-order chi connectivity index (χ0) is 34.5. The topological polar surface area (TPSA) is 97.6 Å². The van der Waals surface area contributed by atoms with Gasteiger partial charge in [-0.3, -0.25) is 4.79 Å². The number of halogens is 1. The number of aromatic nitrogens is 2. The first-order valence-corrected chi connectivity index (χ1v) is 18.0. The second-order valence-corrected chi connectivity index (χ2v) is 14.9. The van der Waals surface area contributed by atoms with Gasteiger partial charge in [0, 0.05) is 43.4 Å². The van der Waals surface area contributed by atoms with Crippen molar-refractivity contribution in [3.8, 4) is 17.6 Å². The van der Waals surface area contributed by atoms with Gasteiger partial charge in [0.1, 0.15) is 17.9 Å². The van der Waals surface area contributed by atoms with Gasteiger partial charge in [-0.2, -0.15) is 5.26 Å². The van der Waals surface area contributed by atoms with Crippen molar-refractivity contribution in [2.75, 3.05) is 42.9 Å². The molecule has 0 bridgehead atoms. The minimum atomic E-state index is -0.484. The van der Waals surface area contributed by atoms with E-state index in [4.69, 9.17) is 4.74 Å². The van der Waals surface area contributed by atoms with E-state index in [1.807, 2.05) is 45.9 Å². The molecule has 1 spiro atoms. The molecule has 1 amide bonds. The lowest BCUT2D eigenvalue weighted by Crippen LogP contribution is -2.45. The molecule has 3 fully saturated rings. The maximum absolute atomic E-state index is 14.4. The summed E-state index contributed by atoms with van der Waals surface area (Å²) in [4.78, 5) is 29.1. The van der Waals surface area contributed by atoms with Crippen LogP contribution in [0.5, 0.6) is 11.5 Å². The molecular weight excluding hydrogens is 617 g/mol. The number of anilines is 2. The molecule has 3 aromatic rings. The fourth-order valence-corrected chi connectivity index (χ4v) is 8.24. The summed E-state index contributed by atoms with van der Waals surface area (Å²) in [6, 6.07) is 14.5. The number of nitriles is 1. The quantitative estimate of drug-likeness (QED) is 0.237. The van der Waals surface area contributed by atoms with E-state index in [1.54, 1.807) is 11.1 Å². The van der Waals surface area contributed by atoms with Crippen LogP contribution < -0.4 is 15.0 Å². The number of carbonyl (C=O) groups excluding carboxylic acids is 1. The zero-order valence-electron chi connectivity index (χ0n) is 29.4. The van der Waals surface area contributed by atoms with Crippen LogP contribution in [0, 0.1) is 28.5 Å². The van der Waals surface area contributed by atoms with Crippen molar-refractivity contribution >= 4 is 17.4 Å². The minimum absolute atomic E-state index is 0.0520.